The van der Waals surface area contributed by atoms with Gasteiger partial charge in [-0.3, -0.25) is 4.90 Å². The second-order valence-electron chi connectivity index (χ2n) is 5.37. The molecule has 0 unspecified atom stereocenters. The second-order valence-corrected chi connectivity index (χ2v) is 5.37. The SMILES string of the molecule is C[C@H](O)[C@H]1CCCCN1C[C@H](O)c1cccc(F)c1. The third kappa shape index (κ3) is 3.75. The quantitative estimate of drug-likeness (QED) is 0.878. The summed E-state index contributed by atoms with van der Waals surface area (Å²) in [6.07, 6.45) is 2.03. The summed E-state index contributed by atoms with van der Waals surface area (Å²) in [5.74, 6) is -0.331. The molecular formula is C15H22FNO2. The molecule has 0 bridgehead atoms. The van der Waals surface area contributed by atoms with Gasteiger partial charge in [0.15, 0.2) is 0 Å². The minimum Gasteiger partial charge on any atom is -0.392 e. The second kappa shape index (κ2) is 6.46. The number of nitrogens with zero attached hydrogens (tertiary/aromatic N) is 1. The highest BCUT2D eigenvalue weighted by Crippen LogP contribution is 2.23. The fourth-order valence-corrected chi connectivity index (χ4v) is 2.83. The van der Waals surface area contributed by atoms with E-state index in [2.05, 4.69) is 4.90 Å². The van der Waals surface area contributed by atoms with Crippen molar-refractivity contribution in [1.82, 2.24) is 4.90 Å². The maximum absolute atomic E-state index is 13.1. The summed E-state index contributed by atoms with van der Waals surface area (Å²) in [5.41, 5.74) is 0.593. The average Bonchev–Trinajstić information content (AvgIpc) is 2.39. The molecule has 0 aromatic heterocycles. The van der Waals surface area contributed by atoms with Crippen LogP contribution in [0.2, 0.25) is 0 Å². The molecule has 1 saturated heterocycles. The Morgan fingerprint density at radius 3 is 2.84 bits per heavy atom. The number of likely N-dealkylation sites (tertiary alicyclic amines) is 1. The zero-order chi connectivity index (χ0) is 13.8. The van der Waals surface area contributed by atoms with Gasteiger partial charge >= 0.3 is 0 Å². The molecule has 1 fully saturated rings. The lowest BCUT2D eigenvalue weighted by Gasteiger charge is -2.38. The third-order valence-electron chi connectivity index (χ3n) is 3.86. The molecule has 0 spiro atoms. The van der Waals surface area contributed by atoms with Crippen molar-refractivity contribution in [3.05, 3.63) is 35.6 Å². The normalized spacial score (nSPS) is 24.1. The summed E-state index contributed by atoms with van der Waals surface area (Å²) >= 11 is 0. The Balaban J connectivity index is 2.02. The molecule has 3 nitrogen and oxygen atoms in total. The van der Waals surface area contributed by atoms with E-state index in [1.807, 2.05) is 0 Å². The van der Waals surface area contributed by atoms with Crippen molar-refractivity contribution >= 4 is 0 Å². The summed E-state index contributed by atoms with van der Waals surface area (Å²) in [6.45, 7) is 3.11. The van der Waals surface area contributed by atoms with E-state index in [4.69, 9.17) is 0 Å². The Hall–Kier alpha value is -0.970. The van der Waals surface area contributed by atoms with Crippen molar-refractivity contribution in [3.63, 3.8) is 0 Å². The number of hydrogen-bond donors (Lipinski definition) is 2. The molecule has 0 saturated carbocycles. The Kier molecular flexibility index (Phi) is 4.91. The molecule has 1 aliphatic rings. The summed E-state index contributed by atoms with van der Waals surface area (Å²) in [4.78, 5) is 2.11. The Bertz CT molecular complexity index is 411. The van der Waals surface area contributed by atoms with E-state index in [-0.39, 0.29) is 11.9 Å². The van der Waals surface area contributed by atoms with E-state index in [0.29, 0.717) is 12.1 Å². The highest BCUT2D eigenvalue weighted by atomic mass is 19.1. The van der Waals surface area contributed by atoms with Gasteiger partial charge in [0, 0.05) is 12.6 Å². The summed E-state index contributed by atoms with van der Waals surface area (Å²) in [7, 11) is 0. The minimum atomic E-state index is -0.713. The fraction of sp³-hybridized carbons (Fsp3) is 0.600. The molecule has 2 rings (SSSR count). The highest BCUT2D eigenvalue weighted by molar-refractivity contribution is 5.19. The van der Waals surface area contributed by atoms with Crippen LogP contribution in [-0.2, 0) is 0 Å². The zero-order valence-electron chi connectivity index (χ0n) is 11.3. The van der Waals surface area contributed by atoms with Gasteiger partial charge in [0.1, 0.15) is 5.82 Å². The topological polar surface area (TPSA) is 43.7 Å². The van der Waals surface area contributed by atoms with Crippen LogP contribution in [-0.4, -0.2) is 40.3 Å². The minimum absolute atomic E-state index is 0.0944. The lowest BCUT2D eigenvalue weighted by atomic mass is 9.97. The van der Waals surface area contributed by atoms with Crippen molar-refractivity contribution in [2.24, 2.45) is 0 Å². The number of rotatable bonds is 4. The van der Waals surface area contributed by atoms with Crippen LogP contribution in [0.4, 0.5) is 4.39 Å². The van der Waals surface area contributed by atoms with Crippen molar-refractivity contribution in [1.29, 1.82) is 0 Å². The van der Waals surface area contributed by atoms with Crippen molar-refractivity contribution in [3.8, 4) is 0 Å². The van der Waals surface area contributed by atoms with Crippen LogP contribution in [0, 0.1) is 5.82 Å². The first-order valence-corrected chi connectivity index (χ1v) is 6.93. The van der Waals surface area contributed by atoms with Crippen LogP contribution in [0.15, 0.2) is 24.3 Å². The number of halogens is 1. The number of aliphatic hydroxyl groups is 2. The number of piperidine rings is 1. The average molecular weight is 267 g/mol. The largest absolute Gasteiger partial charge is 0.392 e. The first-order chi connectivity index (χ1) is 9.08. The van der Waals surface area contributed by atoms with E-state index in [1.165, 1.54) is 12.1 Å². The van der Waals surface area contributed by atoms with E-state index in [1.54, 1.807) is 19.1 Å². The monoisotopic (exact) mass is 267 g/mol. The fourth-order valence-electron chi connectivity index (χ4n) is 2.83. The van der Waals surface area contributed by atoms with E-state index in [9.17, 15) is 14.6 Å². The van der Waals surface area contributed by atoms with Crippen LogP contribution in [0.1, 0.15) is 37.9 Å². The predicted octanol–water partition coefficient (Wildman–Crippen LogP) is 2.09. The number of hydrogen-bond acceptors (Lipinski definition) is 3. The lowest BCUT2D eigenvalue weighted by Crippen LogP contribution is -2.47. The highest BCUT2D eigenvalue weighted by Gasteiger charge is 2.27. The maximum Gasteiger partial charge on any atom is 0.123 e. The molecule has 4 heteroatoms. The predicted molar refractivity (Wildman–Crippen MR) is 72.3 cm³/mol. The molecular weight excluding hydrogens is 245 g/mol. The number of benzene rings is 1. The zero-order valence-corrected chi connectivity index (χ0v) is 11.3. The van der Waals surface area contributed by atoms with Gasteiger partial charge in [-0.2, -0.15) is 0 Å². The van der Waals surface area contributed by atoms with Gasteiger partial charge < -0.3 is 10.2 Å². The van der Waals surface area contributed by atoms with Gasteiger partial charge in [0.25, 0.3) is 0 Å². The van der Waals surface area contributed by atoms with Crippen molar-refractivity contribution < 1.29 is 14.6 Å². The van der Waals surface area contributed by atoms with Gasteiger partial charge in [0.05, 0.1) is 12.2 Å². The number of β-amino-alcohol motifs (C(OH)–C–C–N with tert-alkyl or cyclic N) is 1. The standard InChI is InChI=1S/C15H22FNO2/c1-11(18)14-7-2-3-8-17(14)10-15(19)12-5-4-6-13(16)9-12/h4-6,9,11,14-15,18-19H,2-3,7-8,10H2,1H3/t11-,14+,15-/m0/s1. The molecule has 1 aromatic carbocycles. The van der Waals surface area contributed by atoms with Gasteiger partial charge in [0.2, 0.25) is 0 Å². The molecule has 0 radical (unpaired) electrons. The van der Waals surface area contributed by atoms with Crippen LogP contribution < -0.4 is 0 Å². The maximum atomic E-state index is 13.1. The van der Waals surface area contributed by atoms with Crippen LogP contribution in [0.25, 0.3) is 0 Å². The molecule has 3 atom stereocenters. The molecule has 1 aliphatic heterocycles. The van der Waals surface area contributed by atoms with Crippen LogP contribution >= 0.6 is 0 Å². The first-order valence-electron chi connectivity index (χ1n) is 6.93. The van der Waals surface area contributed by atoms with Crippen LogP contribution in [0.5, 0.6) is 0 Å². The molecule has 1 aromatic rings. The third-order valence-corrected chi connectivity index (χ3v) is 3.86. The van der Waals surface area contributed by atoms with Gasteiger partial charge in [-0.25, -0.2) is 4.39 Å². The lowest BCUT2D eigenvalue weighted by molar-refractivity contribution is 0.00757. The Labute approximate surface area is 113 Å². The van der Waals surface area contributed by atoms with Gasteiger partial charge in [-0.05, 0) is 44.0 Å². The first kappa shape index (κ1) is 14.4. The summed E-state index contributed by atoms with van der Waals surface area (Å²) in [5, 5.41) is 20.0. The van der Waals surface area contributed by atoms with E-state index < -0.39 is 12.2 Å². The summed E-state index contributed by atoms with van der Waals surface area (Å²) in [6, 6.07) is 6.17. The van der Waals surface area contributed by atoms with E-state index in [0.717, 1.165) is 25.8 Å². The van der Waals surface area contributed by atoms with E-state index >= 15 is 0 Å². The molecule has 1 heterocycles. The Morgan fingerprint density at radius 1 is 1.37 bits per heavy atom. The van der Waals surface area contributed by atoms with Crippen molar-refractivity contribution in [2.75, 3.05) is 13.1 Å². The Morgan fingerprint density at radius 2 is 2.16 bits per heavy atom. The van der Waals surface area contributed by atoms with Crippen molar-refractivity contribution in [2.45, 2.75) is 44.4 Å². The molecule has 0 amide bonds. The van der Waals surface area contributed by atoms with Gasteiger partial charge in [-0.15, -0.1) is 0 Å². The van der Waals surface area contributed by atoms with Gasteiger partial charge in [-0.1, -0.05) is 18.6 Å². The summed E-state index contributed by atoms with van der Waals surface area (Å²) < 4.78 is 13.1. The molecule has 19 heavy (non-hydrogen) atoms. The molecule has 2 N–H and O–H groups in total. The smallest absolute Gasteiger partial charge is 0.123 e. The van der Waals surface area contributed by atoms with Crippen LogP contribution in [0.3, 0.4) is 0 Å². The number of aliphatic hydroxyl groups excluding tert-OH is 2. The molecule has 0 aliphatic carbocycles. The molecule has 106 valence electrons.